The van der Waals surface area contributed by atoms with Crippen molar-refractivity contribution in [2.75, 3.05) is 69.0 Å². The highest BCUT2D eigenvalue weighted by atomic mass is 35.5. The van der Waals surface area contributed by atoms with E-state index in [4.69, 9.17) is 11.6 Å². The summed E-state index contributed by atoms with van der Waals surface area (Å²) in [6.07, 6.45) is 1.60. The van der Waals surface area contributed by atoms with Crippen LogP contribution in [0.1, 0.15) is 5.56 Å². The van der Waals surface area contributed by atoms with Crippen LogP contribution in [0.2, 0.25) is 5.02 Å². The van der Waals surface area contributed by atoms with Crippen molar-refractivity contribution in [3.05, 3.63) is 35.0 Å². The molecule has 0 unspecified atom stereocenters. The van der Waals surface area contributed by atoms with Crippen molar-refractivity contribution in [2.24, 2.45) is 0 Å². The molecule has 170 valence electrons. The molecular formula is C21H27ClN8O2. The fourth-order valence-corrected chi connectivity index (χ4v) is 3.96. The molecule has 0 bridgehead atoms. The molecule has 0 atom stereocenters. The summed E-state index contributed by atoms with van der Waals surface area (Å²) in [6, 6.07) is 5.34. The van der Waals surface area contributed by atoms with Gasteiger partial charge in [0.25, 0.3) is 0 Å². The van der Waals surface area contributed by atoms with Gasteiger partial charge in [0.1, 0.15) is 11.6 Å². The van der Waals surface area contributed by atoms with Crippen molar-refractivity contribution >= 4 is 46.7 Å². The normalized spacial score (nSPS) is 17.1. The zero-order valence-corrected chi connectivity index (χ0v) is 19.2. The predicted octanol–water partition coefficient (Wildman–Crippen LogP) is 1.74. The molecule has 0 spiro atoms. The van der Waals surface area contributed by atoms with Crippen molar-refractivity contribution in [1.29, 1.82) is 0 Å². The van der Waals surface area contributed by atoms with Crippen LogP contribution >= 0.6 is 11.6 Å². The van der Waals surface area contributed by atoms with Crippen LogP contribution in [-0.4, -0.2) is 85.6 Å². The van der Waals surface area contributed by atoms with Crippen molar-refractivity contribution in [2.45, 2.75) is 6.54 Å². The number of likely N-dealkylation sites (N-methyl/N-ethyl adjacent to an activating group) is 2. The number of halogens is 1. The molecule has 1 aromatic heterocycles. The van der Waals surface area contributed by atoms with E-state index in [1.54, 1.807) is 25.2 Å². The zero-order valence-electron chi connectivity index (χ0n) is 18.4. The van der Waals surface area contributed by atoms with E-state index in [9.17, 15) is 9.59 Å². The second kappa shape index (κ2) is 9.17. The monoisotopic (exact) mass is 458 g/mol. The van der Waals surface area contributed by atoms with Gasteiger partial charge in [-0.3, -0.25) is 4.79 Å². The second-order valence-electron chi connectivity index (χ2n) is 7.99. The summed E-state index contributed by atoms with van der Waals surface area (Å²) in [5.74, 6) is 0.997. The number of amides is 3. The Balaban J connectivity index is 1.59. The molecule has 2 aliphatic rings. The maximum absolute atomic E-state index is 12.5. The van der Waals surface area contributed by atoms with E-state index in [2.05, 4.69) is 37.4 Å². The number of rotatable bonds is 3. The zero-order chi connectivity index (χ0) is 22.8. The maximum Gasteiger partial charge on any atom is 0.317 e. The molecule has 0 saturated carbocycles. The van der Waals surface area contributed by atoms with E-state index < -0.39 is 0 Å². The summed E-state index contributed by atoms with van der Waals surface area (Å²) in [6.45, 7) is 3.93. The summed E-state index contributed by atoms with van der Waals surface area (Å²) in [5, 5.41) is 6.28. The minimum absolute atomic E-state index is 0.0136. The first-order chi connectivity index (χ1) is 15.4. The molecule has 2 N–H and O–H groups in total. The molecule has 1 fully saturated rings. The first-order valence-electron chi connectivity index (χ1n) is 10.4. The van der Waals surface area contributed by atoms with Gasteiger partial charge in [-0.2, -0.15) is 4.98 Å². The van der Waals surface area contributed by atoms with E-state index in [1.807, 2.05) is 18.2 Å². The fraction of sp³-hybridized carbons (Fsp3) is 0.429. The highest BCUT2D eigenvalue weighted by Gasteiger charge is 2.26. The number of urea groups is 1. The summed E-state index contributed by atoms with van der Waals surface area (Å²) >= 11 is 6.38. The number of hydrogen-bond donors (Lipinski definition) is 2. The molecule has 1 aromatic carbocycles. The fourth-order valence-electron chi connectivity index (χ4n) is 3.83. The molecule has 4 rings (SSSR count). The van der Waals surface area contributed by atoms with Gasteiger partial charge in [0, 0.05) is 51.6 Å². The number of piperazine rings is 1. The summed E-state index contributed by atoms with van der Waals surface area (Å²) in [7, 11) is 5.36. The Labute approximate surface area is 192 Å². The van der Waals surface area contributed by atoms with E-state index >= 15 is 0 Å². The smallest absolute Gasteiger partial charge is 0.317 e. The molecule has 0 radical (unpaired) electrons. The van der Waals surface area contributed by atoms with Crippen LogP contribution in [0, 0.1) is 0 Å². The van der Waals surface area contributed by atoms with Gasteiger partial charge in [0.2, 0.25) is 11.9 Å². The van der Waals surface area contributed by atoms with Gasteiger partial charge in [-0.15, -0.1) is 0 Å². The van der Waals surface area contributed by atoms with Crippen molar-refractivity contribution in [3.63, 3.8) is 0 Å². The van der Waals surface area contributed by atoms with Crippen LogP contribution in [0.15, 0.2) is 24.4 Å². The Morgan fingerprint density at radius 3 is 2.59 bits per heavy atom. The number of nitrogens with zero attached hydrogens (tertiary/aromatic N) is 6. The molecule has 0 aliphatic carbocycles. The third-order valence-corrected chi connectivity index (χ3v) is 6.06. The summed E-state index contributed by atoms with van der Waals surface area (Å²) in [5.41, 5.74) is 2.36. The number of carbonyl (C=O) groups is 2. The molecule has 3 amide bonds. The molecule has 10 nitrogen and oxygen atoms in total. The molecule has 1 saturated heterocycles. The maximum atomic E-state index is 12.5. The number of carbonyl (C=O) groups excluding carboxylic acids is 2. The van der Waals surface area contributed by atoms with E-state index in [0.29, 0.717) is 23.3 Å². The minimum Gasteiger partial charge on any atom is -0.341 e. The lowest BCUT2D eigenvalue weighted by Crippen LogP contribution is -2.45. The van der Waals surface area contributed by atoms with E-state index in [1.165, 1.54) is 4.90 Å². The van der Waals surface area contributed by atoms with Gasteiger partial charge >= 0.3 is 6.03 Å². The minimum atomic E-state index is -0.298. The van der Waals surface area contributed by atoms with Crippen molar-refractivity contribution in [1.82, 2.24) is 25.1 Å². The van der Waals surface area contributed by atoms with Crippen molar-refractivity contribution < 1.29 is 9.59 Å². The number of nitrogens with one attached hydrogen (secondary N) is 2. The number of hydrogen-bond acceptors (Lipinski definition) is 7. The number of benzene rings is 1. The SMILES string of the molecule is CNC(=O)N1CC(=O)N(C)c2ccc(Nc3nc(N4CCN(C)CC4)ncc3Cl)cc2C1. The lowest BCUT2D eigenvalue weighted by molar-refractivity contribution is -0.118. The molecule has 11 heteroatoms. The Morgan fingerprint density at radius 2 is 1.88 bits per heavy atom. The summed E-state index contributed by atoms with van der Waals surface area (Å²) in [4.78, 5) is 41.2. The van der Waals surface area contributed by atoms with Crippen molar-refractivity contribution in [3.8, 4) is 0 Å². The molecular weight excluding hydrogens is 432 g/mol. The van der Waals surface area contributed by atoms with Gasteiger partial charge in [0.05, 0.1) is 12.7 Å². The second-order valence-corrected chi connectivity index (χ2v) is 8.40. The molecule has 3 heterocycles. The Bertz CT molecular complexity index is 1020. The predicted molar refractivity (Wildman–Crippen MR) is 125 cm³/mol. The molecule has 32 heavy (non-hydrogen) atoms. The van der Waals surface area contributed by atoms with E-state index in [0.717, 1.165) is 43.1 Å². The van der Waals surface area contributed by atoms with E-state index in [-0.39, 0.29) is 18.5 Å². The summed E-state index contributed by atoms with van der Waals surface area (Å²) < 4.78 is 0. The highest BCUT2D eigenvalue weighted by molar-refractivity contribution is 6.32. The van der Waals surface area contributed by atoms with Gasteiger partial charge in [-0.05, 0) is 30.8 Å². The Morgan fingerprint density at radius 1 is 1.12 bits per heavy atom. The number of anilines is 4. The number of fused-ring (bicyclic) bond motifs is 1. The van der Waals surface area contributed by atoms with Crippen LogP contribution in [0.3, 0.4) is 0 Å². The largest absolute Gasteiger partial charge is 0.341 e. The first-order valence-corrected chi connectivity index (χ1v) is 10.8. The Kier molecular flexibility index (Phi) is 6.33. The van der Waals surface area contributed by atoms with Crippen LogP contribution < -0.4 is 20.4 Å². The van der Waals surface area contributed by atoms with Crippen LogP contribution in [0.25, 0.3) is 0 Å². The lowest BCUT2D eigenvalue weighted by atomic mass is 10.1. The molecule has 2 aromatic rings. The van der Waals surface area contributed by atoms with Gasteiger partial charge < -0.3 is 30.2 Å². The number of aromatic nitrogens is 2. The van der Waals surface area contributed by atoms with Gasteiger partial charge in [-0.25, -0.2) is 9.78 Å². The van der Waals surface area contributed by atoms with Gasteiger partial charge in [-0.1, -0.05) is 11.6 Å². The topological polar surface area (TPSA) is 96.9 Å². The van der Waals surface area contributed by atoms with Crippen LogP contribution in [0.4, 0.5) is 27.9 Å². The standard InChI is InChI=1S/C21H27ClN8O2/c1-23-21(32)30-12-14-10-15(4-5-17(14)28(3)18(31)13-30)25-19-16(22)11-24-20(26-19)29-8-6-27(2)7-9-29/h4-5,10-11H,6-9,12-13H2,1-3H3,(H,23,32)(H,24,25,26). The average Bonchev–Trinajstić information content (AvgIpc) is 2.91. The third kappa shape index (κ3) is 4.56. The highest BCUT2D eigenvalue weighted by Crippen LogP contribution is 2.31. The third-order valence-electron chi connectivity index (χ3n) is 5.78. The average molecular weight is 459 g/mol. The van der Waals surface area contributed by atoms with Crippen LogP contribution in [-0.2, 0) is 11.3 Å². The molecule has 2 aliphatic heterocycles. The lowest BCUT2D eigenvalue weighted by Gasteiger charge is -2.32. The first kappa shape index (κ1) is 22.1. The van der Waals surface area contributed by atoms with Crippen LogP contribution in [0.5, 0.6) is 0 Å². The quantitative estimate of drug-likeness (QED) is 0.723. The van der Waals surface area contributed by atoms with Gasteiger partial charge in [0.15, 0.2) is 5.82 Å². The Hall–Kier alpha value is -3.11.